The fraction of sp³-hybridized carbons (Fsp3) is 0.479. The number of halogens is 1. The van der Waals surface area contributed by atoms with Gasteiger partial charge in [0.1, 0.15) is 46.7 Å². The van der Waals surface area contributed by atoms with Crippen LogP contribution in [0.25, 0.3) is 22.3 Å². The van der Waals surface area contributed by atoms with Crippen molar-refractivity contribution >= 4 is 57.0 Å². The zero-order valence-electron chi connectivity index (χ0n) is 37.6. The van der Waals surface area contributed by atoms with Crippen LogP contribution in [0.2, 0.25) is 0 Å². The minimum Gasteiger partial charge on any atom is -0.497 e. The van der Waals surface area contributed by atoms with Gasteiger partial charge in [-0.25, -0.2) is 23.9 Å². The third-order valence-electron chi connectivity index (χ3n) is 12.9. The summed E-state index contributed by atoms with van der Waals surface area (Å²) in [5, 5.41) is 25.3. The number of Topliss-reactive ketones (excluding diaryl/α,β-unsaturated/α-hetero) is 1. The van der Waals surface area contributed by atoms with Gasteiger partial charge in [0.25, 0.3) is 0 Å². The average Bonchev–Trinajstić information content (AvgIpc) is 3.54. The number of benzene rings is 2. The maximum Gasteiger partial charge on any atom is 0.330 e. The molecule has 3 heterocycles. The SMILES string of the molecule is C=CC1C[C@]1(NC(=O)[C@@H]1C[C@@H](Oc2cc(-c3csc(NC(C)C)n3)nc3cc(OC)ccc23)CN1C(=O)[C@@H](NC(=O)NC(C(=O)c1ccc(F)cc1)C(C)C)C1(C)CCCCC1)C(=O)O. The van der Waals surface area contributed by atoms with E-state index in [0.29, 0.717) is 46.6 Å². The number of pyridine rings is 1. The Balaban J connectivity index is 1.22. The van der Waals surface area contributed by atoms with E-state index >= 15 is 4.79 Å². The summed E-state index contributed by atoms with van der Waals surface area (Å²) in [6, 6.07) is 8.29. The van der Waals surface area contributed by atoms with E-state index in [0.717, 1.165) is 24.4 Å². The highest BCUT2D eigenvalue weighted by atomic mass is 32.1. The van der Waals surface area contributed by atoms with Crippen LogP contribution in [0.4, 0.5) is 14.3 Å². The number of anilines is 1. The van der Waals surface area contributed by atoms with Crippen LogP contribution in [0.15, 0.2) is 66.6 Å². The highest BCUT2D eigenvalue weighted by Gasteiger charge is 2.61. The van der Waals surface area contributed by atoms with Gasteiger partial charge in [-0.2, -0.15) is 0 Å². The summed E-state index contributed by atoms with van der Waals surface area (Å²) in [4.78, 5) is 81.2. The molecular weight excluding hydrogens is 854 g/mol. The third kappa shape index (κ3) is 10.1. The van der Waals surface area contributed by atoms with Crippen molar-refractivity contribution in [3.63, 3.8) is 0 Å². The summed E-state index contributed by atoms with van der Waals surface area (Å²) in [6.07, 6.45) is 4.62. The number of nitrogens with one attached hydrogen (secondary N) is 4. The first-order chi connectivity index (χ1) is 30.9. The molecular formula is C48H58FN7O8S. The van der Waals surface area contributed by atoms with Crippen LogP contribution in [0.3, 0.4) is 0 Å². The first kappa shape index (κ1) is 46.9. The number of ether oxygens (including phenoxy) is 2. The van der Waals surface area contributed by atoms with Crippen LogP contribution in [-0.2, 0) is 14.4 Å². The van der Waals surface area contributed by atoms with Gasteiger partial charge in [-0.3, -0.25) is 14.4 Å². The number of urea groups is 1. The van der Waals surface area contributed by atoms with E-state index in [2.05, 4.69) is 27.8 Å². The maximum absolute atomic E-state index is 15.3. The van der Waals surface area contributed by atoms with Crippen LogP contribution < -0.4 is 30.7 Å². The number of ketones is 1. The minimum absolute atomic E-state index is 0.00227. The fourth-order valence-electron chi connectivity index (χ4n) is 9.10. The number of aliphatic carboxylic acids is 1. The molecule has 0 spiro atoms. The van der Waals surface area contributed by atoms with Gasteiger partial charge in [-0.15, -0.1) is 17.9 Å². The second-order valence-corrected chi connectivity index (χ2v) is 19.2. The van der Waals surface area contributed by atoms with E-state index in [-0.39, 0.29) is 36.9 Å². The number of thiazole rings is 1. The Hall–Kier alpha value is -6.10. The van der Waals surface area contributed by atoms with Crippen molar-refractivity contribution in [1.82, 2.24) is 30.8 Å². The molecule has 1 aliphatic heterocycles. The van der Waals surface area contributed by atoms with Crippen LogP contribution in [0.5, 0.6) is 11.5 Å². The number of fused-ring (bicyclic) bond motifs is 1. The number of carbonyl (C=O) groups is 5. The number of aromatic nitrogens is 2. The molecule has 3 aliphatic rings. The Morgan fingerprint density at radius 1 is 0.985 bits per heavy atom. The van der Waals surface area contributed by atoms with Crippen molar-refractivity contribution < 1.29 is 42.9 Å². The summed E-state index contributed by atoms with van der Waals surface area (Å²) in [6.45, 7) is 13.2. The number of nitrogens with zero attached hydrogens (tertiary/aromatic N) is 3. The predicted octanol–water partition coefficient (Wildman–Crippen LogP) is 7.37. The summed E-state index contributed by atoms with van der Waals surface area (Å²) in [5.74, 6) is -3.22. The standard InChI is InChI=1S/C48H58FN7O8S/c1-8-29-23-48(29,44(60)61)55-42(58)37-21-32(64-38-22-35(36-25-65-46(52-36)50-27(4)5)51-34-20-31(63-7)16-17-33(34)38)24-56(37)43(59)41(47(6)18-10-9-11-19-47)54-45(62)53-39(26(2)3)40(57)28-12-14-30(49)15-13-28/h8,12-17,20,22,25-27,29,32,37,39,41H,1,9-11,18-19,21,23-24H2,2-7H3,(H,50,52)(H,55,58)(H,60,61)(H2,53,54,62)/t29?,32-,37+,39?,41-,48-/m1/s1. The smallest absolute Gasteiger partial charge is 0.330 e. The average molecular weight is 912 g/mol. The molecule has 4 aromatic rings. The third-order valence-corrected chi connectivity index (χ3v) is 13.7. The molecule has 1 saturated heterocycles. The van der Waals surface area contributed by atoms with E-state index < -0.39 is 76.5 Å². The number of carboxylic acid groups (broad SMARTS) is 1. The lowest BCUT2D eigenvalue weighted by Gasteiger charge is -2.42. The molecule has 4 amide bonds. The monoisotopic (exact) mass is 911 g/mol. The number of methoxy groups -OCH3 is 1. The van der Waals surface area contributed by atoms with E-state index in [4.69, 9.17) is 19.4 Å². The molecule has 2 aliphatic carbocycles. The maximum atomic E-state index is 15.3. The Labute approximate surface area is 382 Å². The Morgan fingerprint density at radius 2 is 1.71 bits per heavy atom. The molecule has 15 nitrogen and oxygen atoms in total. The zero-order chi connectivity index (χ0) is 46.8. The molecule has 2 unspecified atom stereocenters. The molecule has 0 radical (unpaired) electrons. The van der Waals surface area contributed by atoms with Gasteiger partial charge < -0.3 is 40.7 Å². The number of amides is 4. The largest absolute Gasteiger partial charge is 0.497 e. The molecule has 17 heteroatoms. The summed E-state index contributed by atoms with van der Waals surface area (Å²) < 4.78 is 26.1. The highest BCUT2D eigenvalue weighted by molar-refractivity contribution is 7.14. The van der Waals surface area contributed by atoms with Gasteiger partial charge in [0.2, 0.25) is 11.8 Å². The second-order valence-electron chi connectivity index (χ2n) is 18.4. The van der Waals surface area contributed by atoms with Gasteiger partial charge in [0, 0.05) is 46.8 Å². The number of carbonyl (C=O) groups excluding carboxylic acids is 4. The summed E-state index contributed by atoms with van der Waals surface area (Å²) >= 11 is 1.44. The van der Waals surface area contributed by atoms with Crippen molar-refractivity contribution in [1.29, 1.82) is 0 Å². The van der Waals surface area contributed by atoms with E-state index in [1.807, 2.05) is 32.2 Å². The zero-order valence-corrected chi connectivity index (χ0v) is 38.4. The molecule has 346 valence electrons. The number of likely N-dealkylation sites (tertiary alicyclic amines) is 1. The molecule has 7 rings (SSSR count). The van der Waals surface area contributed by atoms with Crippen molar-refractivity contribution in [2.75, 3.05) is 19.0 Å². The molecule has 2 saturated carbocycles. The summed E-state index contributed by atoms with van der Waals surface area (Å²) in [7, 11) is 1.56. The van der Waals surface area contributed by atoms with Gasteiger partial charge in [-0.05, 0) is 80.8 Å². The molecule has 2 aromatic carbocycles. The fourth-order valence-corrected chi connectivity index (χ4v) is 9.95. The first-order valence-electron chi connectivity index (χ1n) is 22.2. The number of hydrogen-bond donors (Lipinski definition) is 5. The molecule has 65 heavy (non-hydrogen) atoms. The van der Waals surface area contributed by atoms with Gasteiger partial charge in [-0.1, -0.05) is 46.1 Å². The lowest BCUT2D eigenvalue weighted by atomic mass is 9.70. The molecule has 5 N–H and O–H groups in total. The Morgan fingerprint density at radius 3 is 2.34 bits per heavy atom. The molecule has 3 fully saturated rings. The van der Waals surface area contributed by atoms with Gasteiger partial charge in [0.15, 0.2) is 10.9 Å². The second kappa shape index (κ2) is 19.2. The highest BCUT2D eigenvalue weighted by Crippen LogP contribution is 2.46. The van der Waals surface area contributed by atoms with Crippen molar-refractivity contribution in [3.05, 3.63) is 77.9 Å². The van der Waals surface area contributed by atoms with E-state index in [1.165, 1.54) is 46.6 Å². The molecule has 2 aromatic heterocycles. The molecule has 0 bridgehead atoms. The van der Waals surface area contributed by atoms with Crippen molar-refractivity contribution in [2.24, 2.45) is 17.3 Å². The topological polar surface area (TPSA) is 201 Å². The van der Waals surface area contributed by atoms with E-state index in [9.17, 15) is 28.7 Å². The normalized spacial score (nSPS) is 22.2. The number of carboxylic acids is 1. The van der Waals surface area contributed by atoms with Gasteiger partial charge in [0.05, 0.1) is 30.9 Å². The van der Waals surface area contributed by atoms with Crippen molar-refractivity contribution in [3.8, 4) is 22.9 Å². The lowest BCUT2D eigenvalue weighted by Crippen LogP contribution is -2.62. The first-order valence-corrected chi connectivity index (χ1v) is 23.1. The lowest BCUT2D eigenvalue weighted by molar-refractivity contribution is -0.146. The van der Waals surface area contributed by atoms with Crippen LogP contribution in [-0.4, -0.2) is 99.0 Å². The number of hydrogen-bond acceptors (Lipinski definition) is 11. The van der Waals surface area contributed by atoms with Gasteiger partial charge >= 0.3 is 12.0 Å². The quantitative estimate of drug-likeness (QED) is 0.0524. The van der Waals surface area contributed by atoms with Crippen molar-refractivity contribution in [2.45, 2.75) is 115 Å². The Kier molecular flexibility index (Phi) is 13.8. The Bertz CT molecular complexity index is 2450. The predicted molar refractivity (Wildman–Crippen MR) is 246 cm³/mol. The van der Waals surface area contributed by atoms with Crippen LogP contribution in [0.1, 0.15) is 89.9 Å². The minimum atomic E-state index is -1.58. The summed E-state index contributed by atoms with van der Waals surface area (Å²) in [5.41, 5.74) is -0.404. The van der Waals surface area contributed by atoms with Crippen LogP contribution in [0, 0.1) is 23.1 Å². The van der Waals surface area contributed by atoms with Crippen LogP contribution >= 0.6 is 11.3 Å². The van der Waals surface area contributed by atoms with E-state index in [1.54, 1.807) is 39.2 Å². The molecule has 6 atom stereocenters. The number of rotatable bonds is 17.